The molecule has 2 aromatic carbocycles. The Bertz CT molecular complexity index is 2840. The number of hydrogen-bond acceptors (Lipinski definition) is 10. The van der Waals surface area contributed by atoms with Crippen molar-refractivity contribution in [1.29, 1.82) is 5.26 Å². The minimum absolute atomic E-state index is 0.0166. The molecule has 5 heterocycles. The number of anilines is 2. The number of ether oxygens (including phenoxy) is 2. The fourth-order valence-electron chi connectivity index (χ4n) is 12.8. The predicted molar refractivity (Wildman–Crippen MR) is 260 cm³/mol. The van der Waals surface area contributed by atoms with Crippen LogP contribution in [0.5, 0.6) is 11.8 Å². The van der Waals surface area contributed by atoms with Crippen LogP contribution in [0, 0.1) is 27.6 Å². The van der Waals surface area contributed by atoms with Gasteiger partial charge in [0, 0.05) is 103 Å². The Balaban J connectivity index is 0.768. The summed E-state index contributed by atoms with van der Waals surface area (Å²) in [7, 11) is 1.79. The second-order valence-corrected chi connectivity index (χ2v) is 21.9. The Hall–Kier alpha value is -6.08. The number of halogens is 3. The third-order valence-electron chi connectivity index (χ3n) is 16.3. The quantitative estimate of drug-likeness (QED) is 0.143. The zero-order valence-corrected chi connectivity index (χ0v) is 41.5. The van der Waals surface area contributed by atoms with Crippen LogP contribution in [0.25, 0.3) is 11.1 Å². The van der Waals surface area contributed by atoms with Crippen LogP contribution in [0.3, 0.4) is 0 Å². The van der Waals surface area contributed by atoms with Crippen molar-refractivity contribution in [1.82, 2.24) is 39.7 Å². The number of amides is 2. The fourth-order valence-corrected chi connectivity index (χ4v) is 13.0. The molecule has 10 rings (SSSR count). The number of aryl methyl sites for hydroxylation is 2. The second-order valence-electron chi connectivity index (χ2n) is 21.5. The monoisotopic (exact) mass is 974 g/mol. The molecule has 5 aromatic rings. The molecule has 0 bridgehead atoms. The van der Waals surface area contributed by atoms with Crippen molar-refractivity contribution >= 4 is 34.9 Å². The van der Waals surface area contributed by atoms with Crippen LogP contribution in [0.15, 0.2) is 55.1 Å². The molecule has 1 spiro atoms. The lowest BCUT2D eigenvalue weighted by atomic mass is 9.49. The van der Waals surface area contributed by atoms with E-state index >= 15 is 0 Å². The van der Waals surface area contributed by atoms with Gasteiger partial charge in [0.2, 0.25) is 5.91 Å². The molecule has 3 fully saturated rings. The van der Waals surface area contributed by atoms with E-state index in [0.717, 1.165) is 92.5 Å². The summed E-state index contributed by atoms with van der Waals surface area (Å²) in [6, 6.07) is 10.9. The van der Waals surface area contributed by atoms with Crippen LogP contribution in [-0.2, 0) is 31.2 Å². The van der Waals surface area contributed by atoms with E-state index in [2.05, 4.69) is 63.7 Å². The van der Waals surface area contributed by atoms with Crippen molar-refractivity contribution in [3.63, 3.8) is 0 Å². The molecule has 0 radical (unpaired) electrons. The summed E-state index contributed by atoms with van der Waals surface area (Å²) in [5.41, 5.74) is 5.23. The first-order valence-corrected chi connectivity index (χ1v) is 25.1. The summed E-state index contributed by atoms with van der Waals surface area (Å²) in [6.07, 6.45) is 13.8. The minimum atomic E-state index is -2.67. The molecule has 14 nitrogen and oxygen atoms in total. The van der Waals surface area contributed by atoms with Crippen LogP contribution in [0.4, 0.5) is 20.3 Å². The smallest absolute Gasteiger partial charge is 0.316 e. The first kappa shape index (κ1) is 47.6. The Morgan fingerprint density at radius 2 is 1.66 bits per heavy atom. The van der Waals surface area contributed by atoms with Crippen molar-refractivity contribution in [2.45, 2.75) is 143 Å². The number of aromatic nitrogens is 6. The van der Waals surface area contributed by atoms with Crippen molar-refractivity contribution in [2.24, 2.45) is 23.3 Å². The third-order valence-corrected chi connectivity index (χ3v) is 16.6. The highest BCUT2D eigenvalue weighted by Gasteiger charge is 2.64. The summed E-state index contributed by atoms with van der Waals surface area (Å²) in [4.78, 5) is 39.2. The Morgan fingerprint density at radius 3 is 2.30 bits per heavy atom. The third kappa shape index (κ3) is 8.66. The second kappa shape index (κ2) is 18.3. The normalized spacial score (nSPS) is 24.6. The first-order chi connectivity index (χ1) is 33.4. The van der Waals surface area contributed by atoms with Crippen LogP contribution in [-0.4, -0.2) is 77.6 Å². The van der Waals surface area contributed by atoms with Gasteiger partial charge in [-0.05, 0) is 105 Å². The van der Waals surface area contributed by atoms with Crippen LogP contribution in [0.1, 0.15) is 143 Å². The summed E-state index contributed by atoms with van der Waals surface area (Å²) < 4.78 is 46.2. The standard InChI is InChI=1S/C53H61ClF2N10O4/c1-31(67)64-21-15-43-41(30-64)46(65-20-7-8-32-22-39(35-28-60-63(6)29-35)40(45(55)56)24-44(32)65)62-66(43)36-11-16-53(17-12-36)18-13-37(14-19-53)70-50-58-26-34(27-59-50)47(68)61-48-51(2,3)49(52(48,4)5)69-38-10-9-33(25-57)42(54)23-38/h9-10,22-24,26-29,36-37,45,48-49H,7-8,11-21,30H2,1-6H3,(H,61,68). The van der Waals surface area contributed by atoms with Gasteiger partial charge in [-0.25, -0.2) is 18.7 Å². The lowest BCUT2D eigenvalue weighted by Crippen LogP contribution is -2.74. The van der Waals surface area contributed by atoms with Crippen molar-refractivity contribution in [2.75, 3.05) is 18.0 Å². The highest BCUT2D eigenvalue weighted by atomic mass is 35.5. The molecule has 0 atom stereocenters. The van der Waals surface area contributed by atoms with E-state index in [0.29, 0.717) is 59.1 Å². The van der Waals surface area contributed by atoms with Crippen molar-refractivity contribution < 1.29 is 27.8 Å². The highest BCUT2D eigenvalue weighted by Crippen LogP contribution is 2.56. The Labute approximate surface area is 412 Å². The number of carbonyl (C=O) groups is 2. The zero-order valence-electron chi connectivity index (χ0n) is 40.8. The number of fused-ring (bicyclic) bond motifs is 2. The number of hydrogen-bond donors (Lipinski definition) is 1. The molecule has 5 aliphatic rings. The van der Waals surface area contributed by atoms with E-state index in [1.54, 1.807) is 55.3 Å². The van der Waals surface area contributed by atoms with Gasteiger partial charge in [-0.15, -0.1) is 0 Å². The molecule has 368 valence electrons. The number of nitrogens with zero attached hydrogens (tertiary/aromatic N) is 9. The van der Waals surface area contributed by atoms with Gasteiger partial charge in [0.1, 0.15) is 24.0 Å². The van der Waals surface area contributed by atoms with Crippen molar-refractivity contribution in [3.05, 3.63) is 93.7 Å². The predicted octanol–water partition coefficient (Wildman–Crippen LogP) is 10.3. The molecule has 0 saturated heterocycles. The number of benzene rings is 2. The zero-order chi connectivity index (χ0) is 49.3. The molecule has 2 aliphatic heterocycles. The number of alkyl halides is 2. The Kier molecular flexibility index (Phi) is 12.4. The first-order valence-electron chi connectivity index (χ1n) is 24.7. The molecule has 3 saturated carbocycles. The van der Waals surface area contributed by atoms with Crippen LogP contribution in [0.2, 0.25) is 5.02 Å². The maximum absolute atomic E-state index is 14.8. The molecule has 0 unspecified atom stereocenters. The summed E-state index contributed by atoms with van der Waals surface area (Å²) >= 11 is 6.27. The highest BCUT2D eigenvalue weighted by molar-refractivity contribution is 6.31. The lowest BCUT2D eigenvalue weighted by Gasteiger charge is -2.63. The van der Waals surface area contributed by atoms with Crippen LogP contribution >= 0.6 is 11.6 Å². The lowest BCUT2D eigenvalue weighted by molar-refractivity contribution is -0.164. The topological polar surface area (TPSA) is 156 Å². The van der Waals surface area contributed by atoms with E-state index in [1.165, 1.54) is 12.4 Å². The largest absolute Gasteiger partial charge is 0.489 e. The van der Waals surface area contributed by atoms with Gasteiger partial charge in [0.05, 0.1) is 34.9 Å². The van der Waals surface area contributed by atoms with E-state index in [1.807, 2.05) is 11.0 Å². The van der Waals surface area contributed by atoms with E-state index in [-0.39, 0.29) is 53.1 Å². The van der Waals surface area contributed by atoms with E-state index in [4.69, 9.17) is 26.2 Å². The van der Waals surface area contributed by atoms with Gasteiger partial charge in [-0.1, -0.05) is 39.3 Å². The number of nitrogens with one attached hydrogen (secondary N) is 1. The fraction of sp³-hybridized carbons (Fsp3) is 0.528. The number of rotatable bonds is 10. The molecular formula is C53H61ClF2N10O4. The van der Waals surface area contributed by atoms with Gasteiger partial charge in [0.15, 0.2) is 5.82 Å². The summed E-state index contributed by atoms with van der Waals surface area (Å²) in [5, 5.41) is 22.4. The average molecular weight is 976 g/mol. The van der Waals surface area contributed by atoms with E-state index < -0.39 is 17.3 Å². The van der Waals surface area contributed by atoms with E-state index in [9.17, 15) is 23.6 Å². The number of nitriles is 1. The maximum atomic E-state index is 14.8. The van der Waals surface area contributed by atoms with Crippen LogP contribution < -0.4 is 19.7 Å². The molecule has 70 heavy (non-hydrogen) atoms. The SMILES string of the molecule is CC(=O)N1CCc2c(c(N3CCCc4cc(-c5cnn(C)c5)c(C(F)F)cc43)nn2C2CCC3(CCC(Oc4ncc(C(=O)NC5C(C)(C)C(Oc6ccc(C#N)c(Cl)c6)C5(C)C)cn4)CC3)CC2)C1. The molecule has 1 N–H and O–H groups in total. The summed E-state index contributed by atoms with van der Waals surface area (Å²) in [6.45, 7) is 11.6. The van der Waals surface area contributed by atoms with Gasteiger partial charge < -0.3 is 24.6 Å². The van der Waals surface area contributed by atoms with Gasteiger partial charge >= 0.3 is 6.01 Å². The van der Waals surface area contributed by atoms with Crippen molar-refractivity contribution in [3.8, 4) is 29.0 Å². The molecule has 3 aliphatic carbocycles. The number of carbonyl (C=O) groups excluding carboxylic acids is 2. The Morgan fingerprint density at radius 1 is 0.943 bits per heavy atom. The molecule has 3 aromatic heterocycles. The molecule has 2 amide bonds. The maximum Gasteiger partial charge on any atom is 0.316 e. The van der Waals surface area contributed by atoms with Gasteiger partial charge in [-0.3, -0.25) is 19.0 Å². The summed E-state index contributed by atoms with van der Waals surface area (Å²) in [5.74, 6) is 1.10. The average Bonchev–Trinajstić information content (AvgIpc) is 3.96. The molecule has 17 heteroatoms. The van der Waals surface area contributed by atoms with Gasteiger partial charge in [0.25, 0.3) is 12.3 Å². The van der Waals surface area contributed by atoms with Gasteiger partial charge in [-0.2, -0.15) is 15.5 Å². The molecular weight excluding hydrogens is 914 g/mol. The minimum Gasteiger partial charge on any atom is -0.489 e.